The van der Waals surface area contributed by atoms with Gasteiger partial charge < -0.3 is 10.4 Å². The third-order valence-electron chi connectivity index (χ3n) is 2.73. The third-order valence-corrected chi connectivity index (χ3v) is 2.73. The summed E-state index contributed by atoms with van der Waals surface area (Å²) in [7, 11) is 0. The number of nitrogens with one attached hydrogen (secondary N) is 1. The van der Waals surface area contributed by atoms with E-state index >= 15 is 0 Å². The van der Waals surface area contributed by atoms with Crippen molar-refractivity contribution in [1.82, 2.24) is 15.2 Å². The number of carboxylic acids is 1. The molecule has 1 heterocycles. The topological polar surface area (TPSA) is 88.0 Å². The Kier molecular flexibility index (Phi) is 2.96. The van der Waals surface area contributed by atoms with Gasteiger partial charge in [0.15, 0.2) is 0 Å². The van der Waals surface area contributed by atoms with Crippen molar-refractivity contribution >= 4 is 28.6 Å². The van der Waals surface area contributed by atoms with E-state index in [1.54, 1.807) is 12.1 Å². The Morgan fingerprint density at radius 3 is 2.60 bits per heavy atom. The molecule has 0 fully saturated rings. The molecule has 0 aliphatic heterocycles. The van der Waals surface area contributed by atoms with Gasteiger partial charge in [0.2, 0.25) is 5.95 Å². The molecule has 0 unspecified atom stereocenters. The molecular formula is C14H10N4O2. The van der Waals surface area contributed by atoms with Crippen molar-refractivity contribution in [3.05, 3.63) is 54.1 Å². The maximum absolute atomic E-state index is 10.9. The molecule has 0 atom stereocenters. The fraction of sp³-hybridized carbons (Fsp3) is 0. The van der Waals surface area contributed by atoms with Gasteiger partial charge in [-0.2, -0.15) is 0 Å². The van der Waals surface area contributed by atoms with Gasteiger partial charge in [0.1, 0.15) is 5.52 Å². The molecule has 0 aliphatic rings. The summed E-state index contributed by atoms with van der Waals surface area (Å²) >= 11 is 0. The molecule has 1 aromatic heterocycles. The normalized spacial score (nSPS) is 10.4. The lowest BCUT2D eigenvalue weighted by Gasteiger charge is -2.05. The van der Waals surface area contributed by atoms with Crippen molar-refractivity contribution in [3.63, 3.8) is 0 Å². The number of fused-ring (bicyclic) bond motifs is 1. The first-order chi connectivity index (χ1) is 9.72. The number of hydrogen-bond donors (Lipinski definition) is 2. The second kappa shape index (κ2) is 4.93. The van der Waals surface area contributed by atoms with E-state index in [1.807, 2.05) is 24.3 Å². The Balaban J connectivity index is 1.92. The zero-order chi connectivity index (χ0) is 13.9. The van der Waals surface area contributed by atoms with Crippen molar-refractivity contribution in [1.29, 1.82) is 0 Å². The highest BCUT2D eigenvalue weighted by Crippen LogP contribution is 2.16. The Bertz CT molecular complexity index is 789. The monoisotopic (exact) mass is 266 g/mol. The summed E-state index contributed by atoms with van der Waals surface area (Å²) in [6.45, 7) is 0. The van der Waals surface area contributed by atoms with Gasteiger partial charge in [-0.1, -0.05) is 18.2 Å². The van der Waals surface area contributed by atoms with Crippen molar-refractivity contribution in [2.75, 3.05) is 5.32 Å². The fourth-order valence-electron chi connectivity index (χ4n) is 1.79. The standard InChI is InChI=1S/C14H10N4O2/c19-13(20)9-4-3-5-10(8-9)15-14-16-11-6-1-2-7-12(11)17-18-14/h1-8H,(H,19,20)(H,15,16,18). The van der Waals surface area contributed by atoms with Crippen LogP contribution in [0.3, 0.4) is 0 Å². The van der Waals surface area contributed by atoms with Gasteiger partial charge in [0, 0.05) is 5.69 Å². The van der Waals surface area contributed by atoms with Crippen LogP contribution in [0.15, 0.2) is 48.5 Å². The van der Waals surface area contributed by atoms with Gasteiger partial charge in [0.05, 0.1) is 11.1 Å². The first-order valence-electron chi connectivity index (χ1n) is 5.92. The van der Waals surface area contributed by atoms with E-state index in [2.05, 4.69) is 20.5 Å². The smallest absolute Gasteiger partial charge is 0.335 e. The largest absolute Gasteiger partial charge is 0.478 e. The summed E-state index contributed by atoms with van der Waals surface area (Å²) in [6, 6.07) is 13.8. The Hall–Kier alpha value is -3.02. The number of hydrogen-bond acceptors (Lipinski definition) is 5. The first kappa shape index (κ1) is 12.0. The second-order valence-corrected chi connectivity index (χ2v) is 4.14. The molecule has 2 aromatic carbocycles. The van der Waals surface area contributed by atoms with Gasteiger partial charge in [-0.15, -0.1) is 10.2 Å². The van der Waals surface area contributed by atoms with Crippen LogP contribution >= 0.6 is 0 Å². The van der Waals surface area contributed by atoms with Crippen molar-refractivity contribution in [2.24, 2.45) is 0 Å². The number of rotatable bonds is 3. The van der Waals surface area contributed by atoms with E-state index in [0.717, 1.165) is 5.52 Å². The minimum absolute atomic E-state index is 0.198. The zero-order valence-electron chi connectivity index (χ0n) is 10.3. The maximum Gasteiger partial charge on any atom is 0.335 e. The molecule has 3 aromatic rings. The minimum atomic E-state index is -0.980. The van der Waals surface area contributed by atoms with Gasteiger partial charge in [-0.05, 0) is 30.3 Å². The minimum Gasteiger partial charge on any atom is -0.478 e. The van der Waals surface area contributed by atoms with Crippen molar-refractivity contribution in [2.45, 2.75) is 0 Å². The number of benzene rings is 2. The number of carbonyl (C=O) groups is 1. The van der Waals surface area contributed by atoms with Crippen LogP contribution in [0.1, 0.15) is 10.4 Å². The third kappa shape index (κ3) is 2.39. The van der Waals surface area contributed by atoms with E-state index in [-0.39, 0.29) is 5.56 Å². The predicted molar refractivity (Wildman–Crippen MR) is 74.0 cm³/mol. The van der Waals surface area contributed by atoms with Crippen LogP contribution in [0.4, 0.5) is 11.6 Å². The zero-order valence-corrected chi connectivity index (χ0v) is 10.3. The molecule has 0 bridgehead atoms. The lowest BCUT2D eigenvalue weighted by Crippen LogP contribution is -2.01. The summed E-state index contributed by atoms with van der Waals surface area (Å²) in [5.41, 5.74) is 2.22. The average Bonchev–Trinajstić information content (AvgIpc) is 2.47. The molecular weight excluding hydrogens is 256 g/mol. The number of anilines is 2. The van der Waals surface area contributed by atoms with Crippen LogP contribution in [-0.4, -0.2) is 26.3 Å². The van der Waals surface area contributed by atoms with E-state index in [4.69, 9.17) is 5.11 Å². The number of nitrogens with zero attached hydrogens (tertiary/aromatic N) is 3. The summed E-state index contributed by atoms with van der Waals surface area (Å²) in [6.07, 6.45) is 0. The molecule has 2 N–H and O–H groups in total. The van der Waals surface area contributed by atoms with Crippen LogP contribution in [-0.2, 0) is 0 Å². The molecule has 0 spiro atoms. The quantitative estimate of drug-likeness (QED) is 0.757. The summed E-state index contributed by atoms with van der Waals surface area (Å²) in [5, 5.41) is 19.9. The highest BCUT2D eigenvalue weighted by molar-refractivity contribution is 5.89. The van der Waals surface area contributed by atoms with Crippen LogP contribution in [0, 0.1) is 0 Å². The molecule has 0 aliphatic carbocycles. The molecule has 0 radical (unpaired) electrons. The fourth-order valence-corrected chi connectivity index (χ4v) is 1.79. The maximum atomic E-state index is 10.9. The second-order valence-electron chi connectivity index (χ2n) is 4.14. The molecule has 0 saturated carbocycles. The van der Waals surface area contributed by atoms with E-state index in [0.29, 0.717) is 17.2 Å². The van der Waals surface area contributed by atoms with Crippen LogP contribution in [0.25, 0.3) is 11.0 Å². The Morgan fingerprint density at radius 2 is 1.80 bits per heavy atom. The summed E-state index contributed by atoms with van der Waals surface area (Å²) in [5.74, 6) is -0.655. The predicted octanol–water partition coefficient (Wildman–Crippen LogP) is 2.47. The molecule has 20 heavy (non-hydrogen) atoms. The van der Waals surface area contributed by atoms with Gasteiger partial charge in [0.25, 0.3) is 0 Å². The number of aromatic carboxylic acids is 1. The molecule has 0 saturated heterocycles. The van der Waals surface area contributed by atoms with Gasteiger partial charge >= 0.3 is 5.97 Å². The van der Waals surface area contributed by atoms with Crippen LogP contribution in [0.5, 0.6) is 0 Å². The SMILES string of the molecule is O=C(O)c1cccc(Nc2nnc3ccccc3n2)c1. The molecule has 0 amide bonds. The lowest BCUT2D eigenvalue weighted by atomic mass is 10.2. The van der Waals surface area contributed by atoms with Crippen LogP contribution in [0.2, 0.25) is 0 Å². The summed E-state index contributed by atoms with van der Waals surface area (Å²) < 4.78 is 0. The highest BCUT2D eigenvalue weighted by Gasteiger charge is 2.05. The molecule has 6 heteroatoms. The number of carboxylic acid groups (broad SMARTS) is 1. The van der Waals surface area contributed by atoms with Gasteiger partial charge in [-0.25, -0.2) is 9.78 Å². The van der Waals surface area contributed by atoms with Crippen LogP contribution < -0.4 is 5.32 Å². The first-order valence-corrected chi connectivity index (χ1v) is 5.92. The van der Waals surface area contributed by atoms with Crippen molar-refractivity contribution < 1.29 is 9.90 Å². The Morgan fingerprint density at radius 1 is 1.00 bits per heavy atom. The molecule has 6 nitrogen and oxygen atoms in total. The lowest BCUT2D eigenvalue weighted by molar-refractivity contribution is 0.0697. The van der Waals surface area contributed by atoms with Gasteiger partial charge in [-0.3, -0.25) is 0 Å². The molecule has 98 valence electrons. The van der Waals surface area contributed by atoms with E-state index in [1.165, 1.54) is 12.1 Å². The summed E-state index contributed by atoms with van der Waals surface area (Å²) in [4.78, 5) is 15.2. The number of aromatic nitrogens is 3. The Labute approximate surface area is 114 Å². The van der Waals surface area contributed by atoms with Crippen molar-refractivity contribution in [3.8, 4) is 0 Å². The average molecular weight is 266 g/mol. The highest BCUT2D eigenvalue weighted by atomic mass is 16.4. The van der Waals surface area contributed by atoms with E-state index < -0.39 is 5.97 Å². The van der Waals surface area contributed by atoms with E-state index in [9.17, 15) is 4.79 Å². The molecule has 3 rings (SSSR count). The number of para-hydroxylation sites is 1.